The number of quaternary nitrogens is 1. The lowest BCUT2D eigenvalue weighted by Crippen LogP contribution is -3.14. The van der Waals surface area contributed by atoms with E-state index in [1.165, 1.54) is 16.0 Å². The smallest absolute Gasteiger partial charge is 0.253 e. The zero-order valence-corrected chi connectivity index (χ0v) is 17.6. The molecule has 5 nitrogen and oxygen atoms in total. The Morgan fingerprint density at radius 2 is 1.93 bits per heavy atom. The first-order chi connectivity index (χ1) is 13.5. The van der Waals surface area contributed by atoms with Crippen molar-refractivity contribution in [3.05, 3.63) is 58.1 Å². The minimum atomic E-state index is -0.152. The van der Waals surface area contributed by atoms with E-state index in [9.17, 15) is 4.79 Å². The highest BCUT2D eigenvalue weighted by Crippen LogP contribution is 2.35. The van der Waals surface area contributed by atoms with Crippen molar-refractivity contribution in [1.82, 2.24) is 5.32 Å². The highest BCUT2D eigenvalue weighted by atomic mass is 35.5. The average Bonchev–Trinajstić information content (AvgIpc) is 2.71. The minimum Gasteiger partial charge on any atom is -0.493 e. The number of hydrogen-bond acceptors (Lipinski definition) is 3. The predicted octanol–water partition coefficient (Wildman–Crippen LogP) is 2.68. The minimum absolute atomic E-state index is 0.0733. The third-order valence-corrected chi connectivity index (χ3v) is 5.90. The fourth-order valence-electron chi connectivity index (χ4n) is 4.15. The van der Waals surface area contributed by atoms with E-state index in [1.54, 1.807) is 26.4 Å². The van der Waals surface area contributed by atoms with Crippen LogP contribution in [0.3, 0.4) is 0 Å². The lowest BCUT2D eigenvalue weighted by Gasteiger charge is -2.37. The summed E-state index contributed by atoms with van der Waals surface area (Å²) in [5.74, 6) is 1.31. The van der Waals surface area contributed by atoms with Gasteiger partial charge in [-0.25, -0.2) is 0 Å². The van der Waals surface area contributed by atoms with Crippen LogP contribution in [0.1, 0.15) is 41.4 Å². The molecule has 0 saturated carbocycles. The van der Waals surface area contributed by atoms with Crippen LogP contribution in [0.25, 0.3) is 0 Å². The van der Waals surface area contributed by atoms with Crippen LogP contribution in [0.4, 0.5) is 0 Å². The van der Waals surface area contributed by atoms with Crippen molar-refractivity contribution in [2.45, 2.75) is 32.4 Å². The van der Waals surface area contributed by atoms with Crippen molar-refractivity contribution in [2.24, 2.45) is 0 Å². The molecule has 0 aromatic heterocycles. The fraction of sp³-hybridized carbons (Fsp3) is 0.409. The number of nitrogens with one attached hydrogen (secondary N) is 2. The van der Waals surface area contributed by atoms with Gasteiger partial charge in [-0.05, 0) is 43.7 Å². The van der Waals surface area contributed by atoms with Crippen LogP contribution in [-0.2, 0) is 6.42 Å². The number of ether oxygens (including phenoxy) is 2. The topological polar surface area (TPSA) is 52.0 Å². The van der Waals surface area contributed by atoms with Crippen molar-refractivity contribution in [2.75, 3.05) is 27.3 Å². The molecule has 3 atom stereocenters. The molecule has 2 aromatic carbocycles. The Morgan fingerprint density at radius 1 is 1.25 bits per heavy atom. The Labute approximate surface area is 171 Å². The summed E-state index contributed by atoms with van der Waals surface area (Å²) in [6, 6.07) is 11.3. The van der Waals surface area contributed by atoms with Gasteiger partial charge in [0.2, 0.25) is 0 Å². The van der Waals surface area contributed by atoms with Gasteiger partial charge in [-0.2, -0.15) is 0 Å². The summed E-state index contributed by atoms with van der Waals surface area (Å²) >= 11 is 6.20. The van der Waals surface area contributed by atoms with E-state index in [4.69, 9.17) is 21.1 Å². The molecule has 6 heteroatoms. The number of likely N-dealkylation sites (N-methyl/N-ethyl adjacent to an activating group) is 1. The van der Waals surface area contributed by atoms with Gasteiger partial charge in [0.1, 0.15) is 6.04 Å². The number of methoxy groups -OCH3 is 2. The van der Waals surface area contributed by atoms with E-state index in [-0.39, 0.29) is 18.0 Å². The number of hydrogen-bond donors (Lipinski definition) is 2. The van der Waals surface area contributed by atoms with Gasteiger partial charge in [-0.3, -0.25) is 4.79 Å². The molecule has 3 rings (SSSR count). The molecule has 1 amide bonds. The Morgan fingerprint density at radius 3 is 2.57 bits per heavy atom. The second-order valence-corrected chi connectivity index (χ2v) is 7.54. The molecule has 1 unspecified atom stereocenters. The Hall–Kier alpha value is -2.24. The number of carbonyl (C=O) groups excluding carboxylic acids is 1. The molecule has 1 aliphatic rings. The molecule has 0 radical (unpaired) electrons. The summed E-state index contributed by atoms with van der Waals surface area (Å²) in [6.45, 7) is 6.22. The molecule has 2 aromatic rings. The molecule has 28 heavy (non-hydrogen) atoms. The molecule has 0 fully saturated rings. The third kappa shape index (κ3) is 3.96. The molecule has 1 aliphatic heterocycles. The molecular weight excluding hydrogens is 376 g/mol. The molecule has 150 valence electrons. The van der Waals surface area contributed by atoms with E-state index in [0.717, 1.165) is 25.3 Å². The first-order valence-corrected chi connectivity index (χ1v) is 10.0. The quantitative estimate of drug-likeness (QED) is 0.779. The van der Waals surface area contributed by atoms with Gasteiger partial charge >= 0.3 is 0 Å². The van der Waals surface area contributed by atoms with Crippen LogP contribution in [0.2, 0.25) is 5.02 Å². The van der Waals surface area contributed by atoms with Crippen molar-refractivity contribution in [3.63, 3.8) is 0 Å². The van der Waals surface area contributed by atoms with E-state index < -0.39 is 0 Å². The normalized spacial score (nSPS) is 19.5. The van der Waals surface area contributed by atoms with Crippen LogP contribution >= 0.6 is 11.6 Å². The molecule has 0 aliphatic carbocycles. The van der Waals surface area contributed by atoms with Crippen LogP contribution in [0, 0.1) is 0 Å². The zero-order valence-electron chi connectivity index (χ0n) is 16.8. The number of fused-ring (bicyclic) bond motifs is 1. The Kier molecular flexibility index (Phi) is 6.47. The summed E-state index contributed by atoms with van der Waals surface area (Å²) in [7, 11) is 3.30. The van der Waals surface area contributed by atoms with E-state index in [2.05, 4.69) is 31.3 Å². The molecular formula is C22H28ClN2O3+. The van der Waals surface area contributed by atoms with Gasteiger partial charge in [-0.1, -0.05) is 23.7 Å². The molecule has 2 N–H and O–H groups in total. The van der Waals surface area contributed by atoms with Crippen molar-refractivity contribution in [3.8, 4) is 11.5 Å². The van der Waals surface area contributed by atoms with Gasteiger partial charge in [0.15, 0.2) is 11.5 Å². The first kappa shape index (κ1) is 20.5. The second-order valence-electron chi connectivity index (χ2n) is 7.14. The number of amides is 1. The second kappa shape index (κ2) is 8.84. The maximum Gasteiger partial charge on any atom is 0.253 e. The molecule has 0 saturated heterocycles. The third-order valence-electron chi connectivity index (χ3n) is 5.57. The summed E-state index contributed by atoms with van der Waals surface area (Å²) in [4.78, 5) is 14.2. The first-order valence-electron chi connectivity index (χ1n) is 9.64. The Bertz CT molecular complexity index is 856. The highest BCUT2D eigenvalue weighted by Gasteiger charge is 2.36. The van der Waals surface area contributed by atoms with Crippen LogP contribution in [-0.4, -0.2) is 39.3 Å². The van der Waals surface area contributed by atoms with Gasteiger partial charge in [0.05, 0.1) is 43.9 Å². The van der Waals surface area contributed by atoms with Gasteiger partial charge in [0.25, 0.3) is 5.91 Å². The number of rotatable bonds is 6. The van der Waals surface area contributed by atoms with E-state index in [1.807, 2.05) is 12.1 Å². The monoisotopic (exact) mass is 403 g/mol. The van der Waals surface area contributed by atoms with Crippen LogP contribution in [0.5, 0.6) is 11.5 Å². The zero-order chi connectivity index (χ0) is 20.3. The predicted molar refractivity (Wildman–Crippen MR) is 111 cm³/mol. The number of halogens is 1. The standard InChI is InChI=1S/C22H27ClN2O3/c1-5-25-11-10-15-12-19(27-3)20(28-4)13-17(15)21(25)14(2)24-22(26)16-8-6-7-9-18(16)23/h6-9,12-14,21H,5,10-11H2,1-4H3,(H,24,26)/p+1/t14-,21-/m1/s1. The number of benzene rings is 2. The van der Waals surface area contributed by atoms with Crippen LogP contribution < -0.4 is 19.7 Å². The van der Waals surface area contributed by atoms with Crippen molar-refractivity contribution < 1.29 is 19.2 Å². The average molecular weight is 404 g/mol. The lowest BCUT2D eigenvalue weighted by molar-refractivity contribution is -0.933. The summed E-state index contributed by atoms with van der Waals surface area (Å²) < 4.78 is 11.0. The molecule has 0 spiro atoms. The molecule has 0 bridgehead atoms. The van der Waals surface area contributed by atoms with E-state index >= 15 is 0 Å². The largest absolute Gasteiger partial charge is 0.493 e. The fourth-order valence-corrected chi connectivity index (χ4v) is 4.37. The Balaban J connectivity index is 1.93. The highest BCUT2D eigenvalue weighted by molar-refractivity contribution is 6.33. The van der Waals surface area contributed by atoms with Gasteiger partial charge in [-0.15, -0.1) is 0 Å². The van der Waals surface area contributed by atoms with Gasteiger partial charge in [0, 0.05) is 12.0 Å². The van der Waals surface area contributed by atoms with Crippen molar-refractivity contribution >= 4 is 17.5 Å². The maximum absolute atomic E-state index is 12.8. The van der Waals surface area contributed by atoms with E-state index in [0.29, 0.717) is 16.3 Å². The summed E-state index contributed by atoms with van der Waals surface area (Å²) in [6.07, 6.45) is 0.973. The van der Waals surface area contributed by atoms with Gasteiger partial charge < -0.3 is 19.7 Å². The lowest BCUT2D eigenvalue weighted by atomic mass is 9.88. The number of carbonyl (C=O) groups is 1. The summed E-state index contributed by atoms with van der Waals surface area (Å²) in [5.41, 5.74) is 2.95. The van der Waals surface area contributed by atoms with Crippen molar-refractivity contribution in [1.29, 1.82) is 0 Å². The molecule has 1 heterocycles. The summed E-state index contributed by atoms with van der Waals surface area (Å²) in [5, 5.41) is 3.62. The van der Waals surface area contributed by atoms with Crippen LogP contribution in [0.15, 0.2) is 36.4 Å². The SMILES string of the molecule is CC[NH+]1CCc2cc(OC)c(OC)cc2[C@H]1[C@@H](C)NC(=O)c1ccccc1Cl. The maximum atomic E-state index is 12.8.